The summed E-state index contributed by atoms with van der Waals surface area (Å²) in [7, 11) is 1.52. The molecule has 1 aromatic heterocycles. The summed E-state index contributed by atoms with van der Waals surface area (Å²) in [6.07, 6.45) is 3.00. The number of Topliss-reactive ketones (excluding diaryl/α,β-unsaturated/α-hetero) is 1. The number of benzene rings is 1. The zero-order valence-electron chi connectivity index (χ0n) is 11.5. The fraction of sp³-hybridized carbons (Fsp3) is 0.250. The van der Waals surface area contributed by atoms with Gasteiger partial charge >= 0.3 is 0 Å². The van der Waals surface area contributed by atoms with Gasteiger partial charge in [-0.05, 0) is 36.2 Å². The Kier molecular flexibility index (Phi) is 4.74. The van der Waals surface area contributed by atoms with Crippen LogP contribution in [-0.4, -0.2) is 17.9 Å². The van der Waals surface area contributed by atoms with Crippen LogP contribution < -0.4 is 4.74 Å². The second-order valence-corrected chi connectivity index (χ2v) is 4.89. The molecule has 0 saturated carbocycles. The van der Waals surface area contributed by atoms with Crippen molar-refractivity contribution >= 4 is 17.4 Å². The molecular weight excluding hydrogens is 274 g/mol. The zero-order chi connectivity index (χ0) is 14.5. The highest BCUT2D eigenvalue weighted by Gasteiger charge is 2.13. The summed E-state index contributed by atoms with van der Waals surface area (Å²) in [5, 5.41) is 0.545. The van der Waals surface area contributed by atoms with Gasteiger partial charge < -0.3 is 4.74 Å². The van der Waals surface area contributed by atoms with Crippen LogP contribution in [0.2, 0.25) is 5.02 Å². The van der Waals surface area contributed by atoms with Crippen molar-refractivity contribution in [3.8, 4) is 5.75 Å². The first kappa shape index (κ1) is 14.5. The average Bonchev–Trinajstić information content (AvgIpc) is 2.47. The summed E-state index contributed by atoms with van der Waals surface area (Å²) < 4.78 is 5.20. The monoisotopic (exact) mass is 289 g/mol. The van der Waals surface area contributed by atoms with Gasteiger partial charge in [0.1, 0.15) is 5.75 Å². The molecule has 0 aliphatic heterocycles. The molecule has 0 radical (unpaired) electrons. The van der Waals surface area contributed by atoms with Crippen molar-refractivity contribution in [2.75, 3.05) is 7.11 Å². The molecule has 104 valence electrons. The number of methoxy groups -OCH3 is 1. The molecule has 0 aliphatic rings. The molecule has 0 saturated heterocycles. The summed E-state index contributed by atoms with van der Waals surface area (Å²) in [6.45, 7) is 2.07. The van der Waals surface area contributed by atoms with Crippen molar-refractivity contribution in [3.63, 3.8) is 0 Å². The van der Waals surface area contributed by atoms with E-state index in [0.29, 0.717) is 16.3 Å². The second-order valence-electron chi connectivity index (χ2n) is 4.46. The summed E-state index contributed by atoms with van der Waals surface area (Å²) in [5.74, 6) is 0.461. The minimum atomic E-state index is -0.0322. The van der Waals surface area contributed by atoms with Gasteiger partial charge in [-0.3, -0.25) is 9.78 Å². The number of pyridine rings is 1. The molecule has 0 spiro atoms. The Morgan fingerprint density at radius 1 is 1.30 bits per heavy atom. The number of hydrogen-bond acceptors (Lipinski definition) is 3. The number of carbonyl (C=O) groups excluding carboxylic acids is 1. The maximum atomic E-state index is 12.3. The topological polar surface area (TPSA) is 39.2 Å². The van der Waals surface area contributed by atoms with Crippen LogP contribution in [0, 0.1) is 0 Å². The Morgan fingerprint density at radius 2 is 2.10 bits per heavy atom. The molecule has 1 heterocycles. The molecule has 0 unspecified atom stereocenters. The Bertz CT molecular complexity index is 608. The lowest BCUT2D eigenvalue weighted by atomic mass is 10.0. The van der Waals surface area contributed by atoms with Crippen LogP contribution in [0.15, 0.2) is 36.5 Å². The van der Waals surface area contributed by atoms with Gasteiger partial charge in [-0.25, -0.2) is 0 Å². The summed E-state index contributed by atoms with van der Waals surface area (Å²) >= 11 is 5.89. The molecule has 1 aromatic carbocycles. The van der Waals surface area contributed by atoms with E-state index < -0.39 is 0 Å². The third-order valence-corrected chi connectivity index (χ3v) is 3.33. The van der Waals surface area contributed by atoms with Crippen LogP contribution in [0.25, 0.3) is 0 Å². The average molecular weight is 290 g/mol. The van der Waals surface area contributed by atoms with Gasteiger partial charge in [0.2, 0.25) is 0 Å². The van der Waals surface area contributed by atoms with Crippen molar-refractivity contribution in [2.24, 2.45) is 0 Å². The standard InChI is InChI=1S/C16H16ClNO2/c1-3-11-4-6-13(18-10-11)9-15(19)14-7-5-12(17)8-16(14)20-2/h4-8,10H,3,9H2,1-2H3. The van der Waals surface area contributed by atoms with Gasteiger partial charge in [0.05, 0.1) is 19.1 Å². The van der Waals surface area contributed by atoms with Gasteiger partial charge in [0, 0.05) is 16.9 Å². The number of ether oxygens (including phenoxy) is 1. The third kappa shape index (κ3) is 3.36. The fourth-order valence-corrected chi connectivity index (χ4v) is 2.09. The Labute approximate surface area is 123 Å². The van der Waals surface area contributed by atoms with Crippen LogP contribution in [0.4, 0.5) is 0 Å². The predicted molar refractivity (Wildman–Crippen MR) is 79.7 cm³/mol. The van der Waals surface area contributed by atoms with Crippen LogP contribution in [-0.2, 0) is 12.8 Å². The first-order valence-corrected chi connectivity index (χ1v) is 6.82. The molecule has 0 atom stereocenters. The summed E-state index contributed by atoms with van der Waals surface area (Å²) in [4.78, 5) is 16.6. The molecule has 2 aromatic rings. The van der Waals surface area contributed by atoms with Gasteiger partial charge in [-0.1, -0.05) is 24.6 Å². The minimum Gasteiger partial charge on any atom is -0.496 e. The maximum absolute atomic E-state index is 12.3. The lowest BCUT2D eigenvalue weighted by molar-refractivity contribution is 0.0989. The van der Waals surface area contributed by atoms with E-state index >= 15 is 0 Å². The Morgan fingerprint density at radius 3 is 2.70 bits per heavy atom. The number of rotatable bonds is 5. The smallest absolute Gasteiger partial charge is 0.172 e. The minimum absolute atomic E-state index is 0.0322. The number of nitrogens with zero attached hydrogens (tertiary/aromatic N) is 1. The number of carbonyl (C=O) groups is 1. The number of ketones is 1. The number of halogens is 1. The quantitative estimate of drug-likeness (QED) is 0.787. The normalized spacial score (nSPS) is 10.3. The molecule has 0 aliphatic carbocycles. The molecule has 0 bridgehead atoms. The highest BCUT2D eigenvalue weighted by molar-refractivity contribution is 6.30. The Balaban J connectivity index is 2.19. The largest absolute Gasteiger partial charge is 0.496 e. The molecule has 20 heavy (non-hydrogen) atoms. The summed E-state index contributed by atoms with van der Waals surface area (Å²) in [5.41, 5.74) is 2.44. The van der Waals surface area contributed by atoms with Crippen LogP contribution in [0.5, 0.6) is 5.75 Å². The molecule has 3 nitrogen and oxygen atoms in total. The highest BCUT2D eigenvalue weighted by atomic mass is 35.5. The third-order valence-electron chi connectivity index (χ3n) is 3.10. The van der Waals surface area contributed by atoms with E-state index in [2.05, 4.69) is 11.9 Å². The molecule has 4 heteroatoms. The molecule has 2 rings (SSSR count). The summed E-state index contributed by atoms with van der Waals surface area (Å²) in [6, 6.07) is 8.89. The lowest BCUT2D eigenvalue weighted by Gasteiger charge is -2.08. The number of hydrogen-bond donors (Lipinski definition) is 0. The molecular formula is C16H16ClNO2. The van der Waals surface area contributed by atoms with Crippen molar-refractivity contribution < 1.29 is 9.53 Å². The maximum Gasteiger partial charge on any atom is 0.172 e. The van der Waals surface area contributed by atoms with E-state index in [0.717, 1.165) is 17.7 Å². The van der Waals surface area contributed by atoms with Gasteiger partial charge in [-0.2, -0.15) is 0 Å². The van der Waals surface area contributed by atoms with Crippen molar-refractivity contribution in [1.29, 1.82) is 0 Å². The number of aromatic nitrogens is 1. The van der Waals surface area contributed by atoms with Gasteiger partial charge in [0.25, 0.3) is 0 Å². The Hall–Kier alpha value is -1.87. The number of aryl methyl sites for hydroxylation is 1. The van der Waals surface area contributed by atoms with Crippen molar-refractivity contribution in [2.45, 2.75) is 19.8 Å². The van der Waals surface area contributed by atoms with E-state index in [1.165, 1.54) is 7.11 Å². The van der Waals surface area contributed by atoms with Crippen LogP contribution in [0.1, 0.15) is 28.5 Å². The van der Waals surface area contributed by atoms with E-state index in [9.17, 15) is 4.79 Å². The van der Waals surface area contributed by atoms with E-state index in [1.807, 2.05) is 18.3 Å². The van der Waals surface area contributed by atoms with E-state index in [-0.39, 0.29) is 12.2 Å². The van der Waals surface area contributed by atoms with E-state index in [1.54, 1.807) is 18.2 Å². The van der Waals surface area contributed by atoms with Gasteiger partial charge in [0.15, 0.2) is 5.78 Å². The predicted octanol–water partition coefficient (Wildman–Crippen LogP) is 3.73. The van der Waals surface area contributed by atoms with E-state index in [4.69, 9.17) is 16.3 Å². The molecule has 0 N–H and O–H groups in total. The van der Waals surface area contributed by atoms with Crippen LogP contribution >= 0.6 is 11.6 Å². The SMILES string of the molecule is CCc1ccc(CC(=O)c2ccc(Cl)cc2OC)nc1. The van der Waals surface area contributed by atoms with Crippen LogP contribution in [0.3, 0.4) is 0 Å². The van der Waals surface area contributed by atoms with Crippen molar-refractivity contribution in [1.82, 2.24) is 4.98 Å². The highest BCUT2D eigenvalue weighted by Crippen LogP contribution is 2.24. The first-order chi connectivity index (χ1) is 9.63. The van der Waals surface area contributed by atoms with Crippen molar-refractivity contribution in [3.05, 3.63) is 58.4 Å². The molecule has 0 fully saturated rings. The van der Waals surface area contributed by atoms with Gasteiger partial charge in [-0.15, -0.1) is 0 Å². The first-order valence-electron chi connectivity index (χ1n) is 6.44. The molecule has 0 amide bonds. The fourth-order valence-electron chi connectivity index (χ4n) is 1.92. The lowest BCUT2D eigenvalue weighted by Crippen LogP contribution is -2.07. The zero-order valence-corrected chi connectivity index (χ0v) is 12.3. The second kappa shape index (κ2) is 6.53.